The van der Waals surface area contributed by atoms with Crippen LogP contribution in [-0.4, -0.2) is 18.6 Å². The standard InChI is InChI=1S/C19H22FNO2/c1-3-15(16-9-5-4-6-10-16)13-21-19(22)14(2)23-18-12-8-7-11-17(18)20/h4-12,14-15H,3,13H2,1-2H3,(H,21,22)/t14-,15+/m1/s1. The van der Waals surface area contributed by atoms with E-state index < -0.39 is 11.9 Å². The van der Waals surface area contributed by atoms with Crippen LogP contribution in [0.4, 0.5) is 4.39 Å². The van der Waals surface area contributed by atoms with E-state index in [1.807, 2.05) is 18.2 Å². The van der Waals surface area contributed by atoms with Crippen molar-refractivity contribution in [3.05, 3.63) is 66.0 Å². The molecule has 0 saturated heterocycles. The van der Waals surface area contributed by atoms with Gasteiger partial charge in [-0.15, -0.1) is 0 Å². The summed E-state index contributed by atoms with van der Waals surface area (Å²) in [6, 6.07) is 16.1. The number of carbonyl (C=O) groups is 1. The van der Waals surface area contributed by atoms with Crippen molar-refractivity contribution in [1.29, 1.82) is 0 Å². The molecule has 0 saturated carbocycles. The highest BCUT2D eigenvalue weighted by Crippen LogP contribution is 2.19. The number of benzene rings is 2. The Kier molecular flexibility index (Phi) is 6.15. The summed E-state index contributed by atoms with van der Waals surface area (Å²) in [5.41, 5.74) is 1.19. The van der Waals surface area contributed by atoms with Crippen LogP contribution in [0, 0.1) is 5.82 Å². The molecule has 1 N–H and O–H groups in total. The number of ether oxygens (including phenoxy) is 1. The van der Waals surface area contributed by atoms with Crippen molar-refractivity contribution < 1.29 is 13.9 Å². The van der Waals surface area contributed by atoms with Crippen molar-refractivity contribution in [3.8, 4) is 5.75 Å². The van der Waals surface area contributed by atoms with Gasteiger partial charge >= 0.3 is 0 Å². The Bertz CT molecular complexity index is 630. The molecular formula is C19H22FNO2. The summed E-state index contributed by atoms with van der Waals surface area (Å²) in [6.07, 6.45) is 0.174. The van der Waals surface area contributed by atoms with Crippen LogP contribution in [0.1, 0.15) is 31.7 Å². The first-order valence-corrected chi connectivity index (χ1v) is 7.85. The van der Waals surface area contributed by atoms with Gasteiger partial charge in [0.05, 0.1) is 0 Å². The topological polar surface area (TPSA) is 38.3 Å². The first-order valence-electron chi connectivity index (χ1n) is 7.85. The highest BCUT2D eigenvalue weighted by molar-refractivity contribution is 5.80. The van der Waals surface area contributed by atoms with Gasteiger partial charge < -0.3 is 10.1 Å². The third-order valence-corrected chi connectivity index (χ3v) is 3.80. The molecule has 0 aliphatic heterocycles. The fourth-order valence-electron chi connectivity index (χ4n) is 2.37. The molecule has 2 rings (SSSR count). The smallest absolute Gasteiger partial charge is 0.260 e. The SMILES string of the molecule is CC[C@@H](CNC(=O)[C@@H](C)Oc1ccccc1F)c1ccccc1. The average molecular weight is 315 g/mol. The summed E-state index contributed by atoms with van der Waals surface area (Å²) in [5.74, 6) is -0.378. The zero-order chi connectivity index (χ0) is 16.7. The van der Waals surface area contributed by atoms with Gasteiger partial charge in [0.1, 0.15) is 0 Å². The van der Waals surface area contributed by atoms with Crippen molar-refractivity contribution in [2.45, 2.75) is 32.3 Å². The second-order valence-electron chi connectivity index (χ2n) is 5.45. The lowest BCUT2D eigenvalue weighted by atomic mass is 9.96. The molecule has 0 heterocycles. The van der Waals surface area contributed by atoms with Crippen molar-refractivity contribution in [3.63, 3.8) is 0 Å². The van der Waals surface area contributed by atoms with Gasteiger partial charge in [0.2, 0.25) is 0 Å². The summed E-state index contributed by atoms with van der Waals surface area (Å²) in [4.78, 5) is 12.2. The Hall–Kier alpha value is -2.36. The Balaban J connectivity index is 1.89. The van der Waals surface area contributed by atoms with E-state index in [2.05, 4.69) is 24.4 Å². The number of halogens is 1. The minimum Gasteiger partial charge on any atom is -0.478 e. The lowest BCUT2D eigenvalue weighted by molar-refractivity contribution is -0.127. The molecule has 0 aliphatic carbocycles. The quantitative estimate of drug-likeness (QED) is 0.841. The Morgan fingerprint density at radius 3 is 2.43 bits per heavy atom. The first kappa shape index (κ1) is 17.0. The number of amides is 1. The molecule has 2 aromatic carbocycles. The molecule has 4 heteroatoms. The van der Waals surface area contributed by atoms with E-state index in [4.69, 9.17) is 4.74 Å². The molecule has 1 amide bonds. The van der Waals surface area contributed by atoms with Crippen molar-refractivity contribution in [2.75, 3.05) is 6.54 Å². The van der Waals surface area contributed by atoms with Gasteiger partial charge in [-0.1, -0.05) is 49.4 Å². The van der Waals surface area contributed by atoms with Crippen LogP contribution >= 0.6 is 0 Å². The van der Waals surface area contributed by atoms with Crippen molar-refractivity contribution in [2.24, 2.45) is 0 Å². The predicted molar refractivity (Wildman–Crippen MR) is 89.0 cm³/mol. The number of para-hydroxylation sites is 1. The normalized spacial score (nSPS) is 13.2. The number of hydrogen-bond acceptors (Lipinski definition) is 2. The van der Waals surface area contributed by atoms with Crippen LogP contribution in [0.2, 0.25) is 0 Å². The lowest BCUT2D eigenvalue weighted by Crippen LogP contribution is -2.38. The van der Waals surface area contributed by atoms with E-state index in [0.717, 1.165) is 6.42 Å². The maximum absolute atomic E-state index is 13.5. The van der Waals surface area contributed by atoms with Gasteiger partial charge in [-0.25, -0.2) is 4.39 Å². The van der Waals surface area contributed by atoms with Crippen molar-refractivity contribution >= 4 is 5.91 Å². The zero-order valence-corrected chi connectivity index (χ0v) is 13.5. The Labute approximate surface area is 136 Å². The van der Waals surface area contributed by atoms with Crippen LogP contribution in [0.15, 0.2) is 54.6 Å². The third kappa shape index (κ3) is 4.81. The second-order valence-corrected chi connectivity index (χ2v) is 5.45. The second kappa shape index (κ2) is 8.32. The van der Waals surface area contributed by atoms with Crippen LogP contribution in [0.5, 0.6) is 5.75 Å². The van der Waals surface area contributed by atoms with Gasteiger partial charge in [-0.3, -0.25) is 4.79 Å². The molecule has 2 atom stereocenters. The maximum Gasteiger partial charge on any atom is 0.260 e. The van der Waals surface area contributed by atoms with E-state index in [-0.39, 0.29) is 17.6 Å². The summed E-state index contributed by atoms with van der Waals surface area (Å²) < 4.78 is 18.9. The molecule has 0 radical (unpaired) electrons. The van der Waals surface area contributed by atoms with Gasteiger partial charge in [0.15, 0.2) is 17.7 Å². The van der Waals surface area contributed by atoms with Crippen LogP contribution in [0.3, 0.4) is 0 Å². The Morgan fingerprint density at radius 2 is 1.78 bits per heavy atom. The minimum atomic E-state index is -0.750. The molecule has 0 aromatic heterocycles. The molecule has 0 spiro atoms. The summed E-state index contributed by atoms with van der Waals surface area (Å²) in [6.45, 7) is 4.23. The summed E-state index contributed by atoms with van der Waals surface area (Å²) >= 11 is 0. The number of nitrogens with one attached hydrogen (secondary N) is 1. The number of hydrogen-bond donors (Lipinski definition) is 1. The predicted octanol–water partition coefficient (Wildman–Crippen LogP) is 3.90. The van der Waals surface area contributed by atoms with E-state index in [9.17, 15) is 9.18 Å². The first-order chi connectivity index (χ1) is 11.1. The molecule has 0 unspecified atom stereocenters. The van der Waals surface area contributed by atoms with E-state index in [1.165, 1.54) is 17.7 Å². The van der Waals surface area contributed by atoms with Crippen molar-refractivity contribution in [1.82, 2.24) is 5.32 Å². The molecule has 0 fully saturated rings. The van der Waals surface area contributed by atoms with Gasteiger partial charge in [0, 0.05) is 12.5 Å². The lowest BCUT2D eigenvalue weighted by Gasteiger charge is -2.19. The fourth-order valence-corrected chi connectivity index (χ4v) is 2.37. The molecule has 0 aliphatic rings. The average Bonchev–Trinajstić information content (AvgIpc) is 2.58. The maximum atomic E-state index is 13.5. The minimum absolute atomic E-state index is 0.0882. The molecule has 122 valence electrons. The number of rotatable bonds is 7. The fraction of sp³-hybridized carbons (Fsp3) is 0.316. The molecule has 3 nitrogen and oxygen atoms in total. The highest BCUT2D eigenvalue weighted by atomic mass is 19.1. The Morgan fingerprint density at radius 1 is 1.13 bits per heavy atom. The van der Waals surface area contributed by atoms with E-state index >= 15 is 0 Å². The molecule has 0 bridgehead atoms. The zero-order valence-electron chi connectivity index (χ0n) is 13.5. The van der Waals surface area contributed by atoms with Gasteiger partial charge in [-0.2, -0.15) is 0 Å². The monoisotopic (exact) mass is 315 g/mol. The molecular weight excluding hydrogens is 293 g/mol. The molecule has 23 heavy (non-hydrogen) atoms. The largest absolute Gasteiger partial charge is 0.478 e. The van der Waals surface area contributed by atoms with Gasteiger partial charge in [0.25, 0.3) is 5.91 Å². The van der Waals surface area contributed by atoms with E-state index in [1.54, 1.807) is 19.1 Å². The summed E-state index contributed by atoms with van der Waals surface area (Å²) in [7, 11) is 0. The van der Waals surface area contributed by atoms with Crippen LogP contribution < -0.4 is 10.1 Å². The number of carbonyl (C=O) groups excluding carboxylic acids is 1. The molecule has 2 aromatic rings. The van der Waals surface area contributed by atoms with E-state index in [0.29, 0.717) is 6.54 Å². The van der Waals surface area contributed by atoms with Crippen LogP contribution in [0.25, 0.3) is 0 Å². The highest BCUT2D eigenvalue weighted by Gasteiger charge is 2.18. The summed E-state index contributed by atoms with van der Waals surface area (Å²) in [5, 5.41) is 2.89. The van der Waals surface area contributed by atoms with Gasteiger partial charge in [-0.05, 0) is 31.0 Å². The third-order valence-electron chi connectivity index (χ3n) is 3.80. The van der Waals surface area contributed by atoms with Crippen LogP contribution in [-0.2, 0) is 4.79 Å².